The number of hydrogen-bond donors (Lipinski definition) is 2. The molecular formula is C23H29ClN4O3. The molecule has 0 saturated heterocycles. The number of rotatable bonds is 9. The van der Waals surface area contributed by atoms with Crippen LogP contribution in [0, 0.1) is 0 Å². The lowest BCUT2D eigenvalue weighted by molar-refractivity contribution is -0.116. The van der Waals surface area contributed by atoms with Gasteiger partial charge in [0.1, 0.15) is 0 Å². The van der Waals surface area contributed by atoms with Crippen LogP contribution < -0.4 is 10.6 Å². The van der Waals surface area contributed by atoms with Crippen molar-refractivity contribution in [3.63, 3.8) is 0 Å². The first-order valence-corrected chi connectivity index (χ1v) is 10.6. The third-order valence-corrected chi connectivity index (χ3v) is 5.08. The van der Waals surface area contributed by atoms with E-state index < -0.39 is 0 Å². The molecule has 0 aliphatic heterocycles. The summed E-state index contributed by atoms with van der Waals surface area (Å²) in [4.78, 5) is 40.0. The molecule has 0 aliphatic rings. The van der Waals surface area contributed by atoms with E-state index in [1.807, 2.05) is 44.2 Å². The number of nitrogens with one attached hydrogen (secondary N) is 2. The minimum Gasteiger partial charge on any atom is -0.339 e. The largest absolute Gasteiger partial charge is 0.339 e. The highest BCUT2D eigenvalue weighted by molar-refractivity contribution is 6.34. The fourth-order valence-corrected chi connectivity index (χ4v) is 3.28. The molecule has 2 aromatic rings. The van der Waals surface area contributed by atoms with Gasteiger partial charge < -0.3 is 20.4 Å². The van der Waals surface area contributed by atoms with Crippen LogP contribution in [-0.2, 0) is 11.3 Å². The molecule has 2 rings (SSSR count). The summed E-state index contributed by atoms with van der Waals surface area (Å²) >= 11 is 6.25. The standard InChI is InChI=1S/C23H29ClN4O3/c1-4-28(5-2)22(30)19-12-11-18(15-20(19)24)26-21(29)13-14-25-23(31)27(3)16-17-9-7-6-8-10-17/h6-12,15H,4-5,13-14,16H2,1-3H3,(H,25,31)(H,26,29). The van der Waals surface area contributed by atoms with Crippen molar-refractivity contribution in [1.82, 2.24) is 15.1 Å². The normalized spacial score (nSPS) is 10.3. The zero-order valence-electron chi connectivity index (χ0n) is 18.2. The lowest BCUT2D eigenvalue weighted by atomic mass is 10.1. The zero-order valence-corrected chi connectivity index (χ0v) is 18.9. The van der Waals surface area contributed by atoms with Crippen LogP contribution in [0.3, 0.4) is 0 Å². The second-order valence-electron chi connectivity index (χ2n) is 7.04. The van der Waals surface area contributed by atoms with E-state index >= 15 is 0 Å². The topological polar surface area (TPSA) is 81.8 Å². The lowest BCUT2D eigenvalue weighted by Gasteiger charge is -2.19. The molecule has 0 spiro atoms. The van der Waals surface area contributed by atoms with Gasteiger partial charge in [-0.1, -0.05) is 41.9 Å². The Labute approximate surface area is 188 Å². The Kier molecular flexibility index (Phi) is 9.34. The third-order valence-electron chi connectivity index (χ3n) is 4.77. The van der Waals surface area contributed by atoms with Crippen molar-refractivity contribution in [3.8, 4) is 0 Å². The molecule has 31 heavy (non-hydrogen) atoms. The Morgan fingerprint density at radius 2 is 1.68 bits per heavy atom. The van der Waals surface area contributed by atoms with Gasteiger partial charge in [-0.15, -0.1) is 0 Å². The summed E-state index contributed by atoms with van der Waals surface area (Å²) < 4.78 is 0. The van der Waals surface area contributed by atoms with Crippen LogP contribution in [-0.4, -0.2) is 54.3 Å². The van der Waals surface area contributed by atoms with Crippen LogP contribution in [0.5, 0.6) is 0 Å². The second-order valence-corrected chi connectivity index (χ2v) is 7.45. The Morgan fingerprint density at radius 3 is 2.29 bits per heavy atom. The summed E-state index contributed by atoms with van der Waals surface area (Å²) in [6.07, 6.45) is 0.114. The first-order valence-electron chi connectivity index (χ1n) is 10.3. The van der Waals surface area contributed by atoms with E-state index in [-0.39, 0.29) is 35.8 Å². The van der Waals surface area contributed by atoms with Gasteiger partial charge in [-0.25, -0.2) is 4.79 Å². The number of nitrogens with zero attached hydrogens (tertiary/aromatic N) is 2. The number of carbonyl (C=O) groups excluding carboxylic acids is 3. The van der Waals surface area contributed by atoms with Crippen LogP contribution in [0.15, 0.2) is 48.5 Å². The van der Waals surface area contributed by atoms with Crippen LogP contribution in [0.25, 0.3) is 0 Å². The molecule has 0 radical (unpaired) electrons. The summed E-state index contributed by atoms with van der Waals surface area (Å²) in [5, 5.41) is 5.75. The molecule has 2 N–H and O–H groups in total. The molecule has 0 bridgehead atoms. The van der Waals surface area contributed by atoms with Crippen molar-refractivity contribution in [2.45, 2.75) is 26.8 Å². The predicted octanol–water partition coefficient (Wildman–Crippen LogP) is 3.99. The van der Waals surface area contributed by atoms with Crippen molar-refractivity contribution in [3.05, 3.63) is 64.7 Å². The van der Waals surface area contributed by atoms with Gasteiger partial charge in [-0.3, -0.25) is 9.59 Å². The van der Waals surface area contributed by atoms with E-state index in [2.05, 4.69) is 10.6 Å². The monoisotopic (exact) mass is 444 g/mol. The first kappa shape index (κ1) is 24.2. The summed E-state index contributed by atoms with van der Waals surface area (Å²) in [6.45, 7) is 5.68. The average Bonchev–Trinajstić information content (AvgIpc) is 2.75. The van der Waals surface area contributed by atoms with Gasteiger partial charge in [0.15, 0.2) is 0 Å². The first-order chi connectivity index (χ1) is 14.8. The fraction of sp³-hybridized carbons (Fsp3) is 0.348. The number of halogens is 1. The minimum absolute atomic E-state index is 0.114. The summed E-state index contributed by atoms with van der Waals surface area (Å²) in [7, 11) is 1.70. The van der Waals surface area contributed by atoms with Gasteiger partial charge in [-0.05, 0) is 37.6 Å². The second kappa shape index (κ2) is 12.0. The third kappa shape index (κ3) is 7.29. The molecule has 2 aromatic carbocycles. The summed E-state index contributed by atoms with van der Waals surface area (Å²) in [5.74, 6) is -0.403. The van der Waals surface area contributed by atoms with E-state index in [1.165, 1.54) is 0 Å². The quantitative estimate of drug-likeness (QED) is 0.613. The Bertz CT molecular complexity index is 901. The van der Waals surface area contributed by atoms with Gasteiger partial charge in [0.05, 0.1) is 10.6 Å². The molecule has 4 amide bonds. The van der Waals surface area contributed by atoms with Gasteiger partial charge in [0.25, 0.3) is 5.91 Å². The van der Waals surface area contributed by atoms with Gasteiger partial charge in [0, 0.05) is 45.3 Å². The molecule has 7 nitrogen and oxygen atoms in total. The molecule has 0 unspecified atom stereocenters. The highest BCUT2D eigenvalue weighted by atomic mass is 35.5. The van der Waals surface area contributed by atoms with Crippen LogP contribution in [0.4, 0.5) is 10.5 Å². The van der Waals surface area contributed by atoms with E-state index in [9.17, 15) is 14.4 Å². The van der Waals surface area contributed by atoms with Crippen molar-refractivity contribution in [1.29, 1.82) is 0 Å². The van der Waals surface area contributed by atoms with Crippen LogP contribution in [0.2, 0.25) is 5.02 Å². The van der Waals surface area contributed by atoms with Crippen LogP contribution >= 0.6 is 11.6 Å². The number of benzene rings is 2. The van der Waals surface area contributed by atoms with Crippen molar-refractivity contribution < 1.29 is 14.4 Å². The average molecular weight is 445 g/mol. The fourth-order valence-electron chi connectivity index (χ4n) is 3.02. The number of hydrogen-bond acceptors (Lipinski definition) is 3. The maximum absolute atomic E-state index is 12.4. The zero-order chi connectivity index (χ0) is 22.8. The highest BCUT2D eigenvalue weighted by Crippen LogP contribution is 2.22. The summed E-state index contributed by atoms with van der Waals surface area (Å²) in [6, 6.07) is 14.2. The number of amides is 4. The number of carbonyl (C=O) groups is 3. The maximum Gasteiger partial charge on any atom is 0.317 e. The van der Waals surface area contributed by atoms with Crippen molar-refractivity contribution in [2.75, 3.05) is 32.0 Å². The molecular weight excluding hydrogens is 416 g/mol. The minimum atomic E-state index is -0.259. The van der Waals surface area contributed by atoms with Crippen molar-refractivity contribution >= 4 is 35.1 Å². The van der Waals surface area contributed by atoms with E-state index in [1.54, 1.807) is 35.0 Å². The highest BCUT2D eigenvalue weighted by Gasteiger charge is 2.16. The molecule has 166 valence electrons. The predicted molar refractivity (Wildman–Crippen MR) is 123 cm³/mol. The number of anilines is 1. The molecule has 0 heterocycles. The van der Waals surface area contributed by atoms with E-state index in [0.717, 1.165) is 5.56 Å². The summed E-state index contributed by atoms with van der Waals surface area (Å²) in [5.41, 5.74) is 1.92. The Hall–Kier alpha value is -3.06. The van der Waals surface area contributed by atoms with Gasteiger partial charge in [0.2, 0.25) is 5.91 Å². The maximum atomic E-state index is 12.4. The Balaban J connectivity index is 1.81. The molecule has 8 heteroatoms. The molecule has 0 fully saturated rings. The smallest absolute Gasteiger partial charge is 0.317 e. The molecule has 0 aromatic heterocycles. The lowest BCUT2D eigenvalue weighted by Crippen LogP contribution is -2.38. The van der Waals surface area contributed by atoms with Gasteiger partial charge in [-0.2, -0.15) is 0 Å². The molecule has 0 saturated carbocycles. The Morgan fingerprint density at radius 1 is 1.00 bits per heavy atom. The van der Waals surface area contributed by atoms with E-state index in [4.69, 9.17) is 11.6 Å². The van der Waals surface area contributed by atoms with Gasteiger partial charge >= 0.3 is 6.03 Å². The van der Waals surface area contributed by atoms with Crippen molar-refractivity contribution in [2.24, 2.45) is 0 Å². The van der Waals surface area contributed by atoms with Crippen LogP contribution in [0.1, 0.15) is 36.2 Å². The molecule has 0 aliphatic carbocycles. The van der Waals surface area contributed by atoms with E-state index in [0.29, 0.717) is 30.9 Å². The molecule has 0 atom stereocenters. The SMILES string of the molecule is CCN(CC)C(=O)c1ccc(NC(=O)CCNC(=O)N(C)Cc2ccccc2)cc1Cl. The number of urea groups is 1.